The monoisotopic (exact) mass is 171 g/mol. The molecular formula is C10H21NO. The molecule has 2 heteroatoms. The summed E-state index contributed by atoms with van der Waals surface area (Å²) >= 11 is 0. The third-order valence-electron chi connectivity index (χ3n) is 2.42. The van der Waals surface area contributed by atoms with Crippen molar-refractivity contribution in [3.63, 3.8) is 0 Å². The van der Waals surface area contributed by atoms with Crippen LogP contribution in [0.4, 0.5) is 0 Å². The molecule has 0 aromatic heterocycles. The quantitative estimate of drug-likeness (QED) is 0.677. The van der Waals surface area contributed by atoms with E-state index in [9.17, 15) is 4.79 Å². The van der Waals surface area contributed by atoms with Gasteiger partial charge in [0.15, 0.2) is 0 Å². The Hall–Kier alpha value is -0.530. The molecule has 0 saturated heterocycles. The van der Waals surface area contributed by atoms with E-state index in [-0.39, 0.29) is 11.8 Å². The van der Waals surface area contributed by atoms with Crippen molar-refractivity contribution in [3.8, 4) is 0 Å². The van der Waals surface area contributed by atoms with Crippen LogP contribution in [0.25, 0.3) is 0 Å². The number of carbonyl (C=O) groups is 1. The van der Waals surface area contributed by atoms with Gasteiger partial charge in [-0.2, -0.15) is 0 Å². The number of hydrogen-bond donors (Lipinski definition) is 1. The third-order valence-corrected chi connectivity index (χ3v) is 2.42. The van der Waals surface area contributed by atoms with Crippen LogP contribution in [0.15, 0.2) is 0 Å². The standard InChI is InChI=1S/C10H21NO/c1-5-8(4)9(10(11)12)6-7(2)3/h7-9H,5-6H2,1-4H3,(H2,11,12). The molecule has 0 radical (unpaired) electrons. The highest BCUT2D eigenvalue weighted by atomic mass is 16.1. The molecule has 2 nitrogen and oxygen atoms in total. The fraction of sp³-hybridized carbons (Fsp3) is 0.900. The second-order valence-electron chi connectivity index (χ2n) is 4.02. The van der Waals surface area contributed by atoms with E-state index in [0.29, 0.717) is 11.8 Å². The van der Waals surface area contributed by atoms with Crippen molar-refractivity contribution >= 4 is 5.91 Å². The van der Waals surface area contributed by atoms with Gasteiger partial charge in [0.1, 0.15) is 0 Å². The summed E-state index contributed by atoms with van der Waals surface area (Å²) in [5, 5.41) is 0. The minimum absolute atomic E-state index is 0.0648. The number of nitrogens with two attached hydrogens (primary N) is 1. The zero-order valence-corrected chi connectivity index (χ0v) is 8.63. The van der Waals surface area contributed by atoms with E-state index in [1.807, 2.05) is 0 Å². The topological polar surface area (TPSA) is 43.1 Å². The van der Waals surface area contributed by atoms with Crippen LogP contribution >= 0.6 is 0 Å². The van der Waals surface area contributed by atoms with Gasteiger partial charge in [-0.3, -0.25) is 4.79 Å². The van der Waals surface area contributed by atoms with Crippen LogP contribution in [-0.2, 0) is 4.79 Å². The lowest BCUT2D eigenvalue weighted by molar-refractivity contribution is -0.123. The van der Waals surface area contributed by atoms with Crippen LogP contribution in [0.3, 0.4) is 0 Å². The van der Waals surface area contributed by atoms with E-state index < -0.39 is 0 Å². The second-order valence-corrected chi connectivity index (χ2v) is 4.02. The summed E-state index contributed by atoms with van der Waals surface area (Å²) < 4.78 is 0. The molecule has 0 aliphatic heterocycles. The maximum Gasteiger partial charge on any atom is 0.220 e. The summed E-state index contributed by atoms with van der Waals surface area (Å²) in [5.74, 6) is 0.898. The smallest absolute Gasteiger partial charge is 0.220 e. The van der Waals surface area contributed by atoms with E-state index in [2.05, 4.69) is 27.7 Å². The van der Waals surface area contributed by atoms with Gasteiger partial charge in [0.05, 0.1) is 0 Å². The number of primary amides is 1. The molecular weight excluding hydrogens is 150 g/mol. The average molecular weight is 171 g/mol. The van der Waals surface area contributed by atoms with Crippen LogP contribution in [0.5, 0.6) is 0 Å². The van der Waals surface area contributed by atoms with Gasteiger partial charge in [-0.15, -0.1) is 0 Å². The predicted molar refractivity (Wildman–Crippen MR) is 51.6 cm³/mol. The minimum Gasteiger partial charge on any atom is -0.369 e. The Morgan fingerprint density at radius 1 is 1.33 bits per heavy atom. The summed E-state index contributed by atoms with van der Waals surface area (Å²) in [7, 11) is 0. The molecule has 0 aromatic rings. The summed E-state index contributed by atoms with van der Waals surface area (Å²) in [4.78, 5) is 11.1. The molecule has 0 aromatic carbocycles. The molecule has 2 atom stereocenters. The molecule has 2 unspecified atom stereocenters. The molecule has 0 bridgehead atoms. The van der Waals surface area contributed by atoms with Crippen LogP contribution in [0.1, 0.15) is 40.5 Å². The highest BCUT2D eigenvalue weighted by molar-refractivity contribution is 5.76. The maximum atomic E-state index is 11.1. The third kappa shape index (κ3) is 3.74. The Morgan fingerprint density at radius 3 is 2.08 bits per heavy atom. The Morgan fingerprint density at radius 2 is 1.83 bits per heavy atom. The normalized spacial score (nSPS) is 16.1. The summed E-state index contributed by atoms with van der Waals surface area (Å²) in [6.45, 7) is 8.44. The van der Waals surface area contributed by atoms with Crippen LogP contribution in [0.2, 0.25) is 0 Å². The van der Waals surface area contributed by atoms with Gasteiger partial charge >= 0.3 is 0 Å². The molecule has 0 fully saturated rings. The van der Waals surface area contributed by atoms with Crippen LogP contribution in [0, 0.1) is 17.8 Å². The Bertz CT molecular complexity index is 143. The second kappa shape index (κ2) is 5.18. The van der Waals surface area contributed by atoms with Gasteiger partial charge in [-0.05, 0) is 18.3 Å². The van der Waals surface area contributed by atoms with Gasteiger partial charge in [-0.1, -0.05) is 34.1 Å². The average Bonchev–Trinajstić information content (AvgIpc) is 1.98. The van der Waals surface area contributed by atoms with Gasteiger partial charge in [0, 0.05) is 5.92 Å². The highest BCUT2D eigenvalue weighted by Gasteiger charge is 2.22. The lowest BCUT2D eigenvalue weighted by Crippen LogP contribution is -2.29. The first-order valence-electron chi connectivity index (χ1n) is 4.78. The number of carbonyl (C=O) groups excluding carboxylic acids is 1. The van der Waals surface area contributed by atoms with E-state index in [4.69, 9.17) is 5.73 Å². The van der Waals surface area contributed by atoms with Crippen molar-refractivity contribution in [2.45, 2.75) is 40.5 Å². The molecule has 2 N–H and O–H groups in total. The van der Waals surface area contributed by atoms with E-state index in [1.165, 1.54) is 0 Å². The summed E-state index contributed by atoms with van der Waals surface area (Å²) in [5.41, 5.74) is 5.32. The fourth-order valence-corrected chi connectivity index (χ4v) is 1.42. The van der Waals surface area contributed by atoms with Crippen molar-refractivity contribution < 1.29 is 4.79 Å². The fourth-order valence-electron chi connectivity index (χ4n) is 1.42. The minimum atomic E-state index is -0.141. The molecule has 0 spiro atoms. The maximum absolute atomic E-state index is 11.1. The largest absolute Gasteiger partial charge is 0.369 e. The first kappa shape index (κ1) is 11.5. The first-order chi connectivity index (χ1) is 5.49. The first-order valence-corrected chi connectivity index (χ1v) is 4.78. The van der Waals surface area contributed by atoms with Gasteiger partial charge in [-0.25, -0.2) is 0 Å². The van der Waals surface area contributed by atoms with Gasteiger partial charge < -0.3 is 5.73 Å². The van der Waals surface area contributed by atoms with E-state index in [1.54, 1.807) is 0 Å². The summed E-state index contributed by atoms with van der Waals surface area (Å²) in [6, 6.07) is 0. The SMILES string of the molecule is CCC(C)C(CC(C)C)C(N)=O. The molecule has 0 heterocycles. The number of amides is 1. The van der Waals surface area contributed by atoms with Crippen molar-refractivity contribution in [3.05, 3.63) is 0 Å². The van der Waals surface area contributed by atoms with E-state index in [0.717, 1.165) is 12.8 Å². The zero-order chi connectivity index (χ0) is 9.72. The molecule has 0 aliphatic carbocycles. The van der Waals surface area contributed by atoms with Gasteiger partial charge in [0.2, 0.25) is 5.91 Å². The molecule has 0 aliphatic rings. The van der Waals surface area contributed by atoms with Crippen molar-refractivity contribution in [1.82, 2.24) is 0 Å². The van der Waals surface area contributed by atoms with Crippen molar-refractivity contribution in [1.29, 1.82) is 0 Å². The molecule has 1 amide bonds. The summed E-state index contributed by atoms with van der Waals surface area (Å²) in [6.07, 6.45) is 1.95. The number of hydrogen-bond acceptors (Lipinski definition) is 1. The van der Waals surface area contributed by atoms with Gasteiger partial charge in [0.25, 0.3) is 0 Å². The van der Waals surface area contributed by atoms with Crippen molar-refractivity contribution in [2.24, 2.45) is 23.5 Å². The number of rotatable bonds is 5. The predicted octanol–water partition coefficient (Wildman–Crippen LogP) is 2.18. The highest BCUT2D eigenvalue weighted by Crippen LogP contribution is 2.22. The molecule has 12 heavy (non-hydrogen) atoms. The van der Waals surface area contributed by atoms with Crippen LogP contribution in [-0.4, -0.2) is 5.91 Å². The van der Waals surface area contributed by atoms with Crippen molar-refractivity contribution in [2.75, 3.05) is 0 Å². The Labute approximate surface area is 75.5 Å². The lowest BCUT2D eigenvalue weighted by atomic mass is 9.84. The van der Waals surface area contributed by atoms with Crippen LogP contribution < -0.4 is 5.73 Å². The molecule has 0 saturated carbocycles. The Kier molecular flexibility index (Phi) is 4.95. The Balaban J connectivity index is 4.13. The zero-order valence-electron chi connectivity index (χ0n) is 8.63. The lowest BCUT2D eigenvalue weighted by Gasteiger charge is -2.21. The van der Waals surface area contributed by atoms with E-state index >= 15 is 0 Å². The molecule has 0 rings (SSSR count). The molecule has 72 valence electrons.